The van der Waals surface area contributed by atoms with Crippen molar-refractivity contribution in [2.75, 3.05) is 19.6 Å². The van der Waals surface area contributed by atoms with Crippen molar-refractivity contribution in [3.05, 3.63) is 17.0 Å². The van der Waals surface area contributed by atoms with E-state index in [1.165, 1.54) is 15.8 Å². The summed E-state index contributed by atoms with van der Waals surface area (Å²) < 4.78 is 26.4. The summed E-state index contributed by atoms with van der Waals surface area (Å²) in [6.45, 7) is 3.56. The molecule has 1 aliphatic rings. The summed E-state index contributed by atoms with van der Waals surface area (Å²) in [5.74, 6) is -0.610. The van der Waals surface area contributed by atoms with Gasteiger partial charge in [0.05, 0.1) is 5.56 Å². The summed E-state index contributed by atoms with van der Waals surface area (Å²) in [6, 6.07) is 1.25. The minimum atomic E-state index is -3.52. The van der Waals surface area contributed by atoms with Crippen LogP contribution in [0.4, 0.5) is 0 Å². The monoisotopic (exact) mass is 289 g/mol. The summed E-state index contributed by atoms with van der Waals surface area (Å²) >= 11 is 1.03. The Labute approximate surface area is 110 Å². The quantitative estimate of drug-likeness (QED) is 0.808. The summed E-state index contributed by atoms with van der Waals surface area (Å²) in [4.78, 5) is 11.0. The number of primary amides is 1. The van der Waals surface area contributed by atoms with Crippen molar-refractivity contribution >= 4 is 27.3 Å². The first-order chi connectivity index (χ1) is 8.43. The Morgan fingerprint density at radius 3 is 2.89 bits per heavy atom. The van der Waals surface area contributed by atoms with Crippen LogP contribution in [0.2, 0.25) is 0 Å². The molecule has 1 amide bonds. The molecule has 1 atom stereocenters. The van der Waals surface area contributed by atoms with E-state index in [9.17, 15) is 13.2 Å². The Morgan fingerprint density at radius 1 is 1.61 bits per heavy atom. The first-order valence-corrected chi connectivity index (χ1v) is 7.86. The minimum Gasteiger partial charge on any atom is -0.366 e. The Balaban J connectivity index is 2.31. The maximum absolute atomic E-state index is 12.4. The third-order valence-electron chi connectivity index (χ3n) is 2.86. The second-order valence-corrected chi connectivity index (χ2v) is 7.22. The minimum absolute atomic E-state index is 0.0946. The van der Waals surface area contributed by atoms with Crippen LogP contribution in [0.25, 0.3) is 0 Å². The van der Waals surface area contributed by atoms with Gasteiger partial charge in [0.1, 0.15) is 4.21 Å². The van der Waals surface area contributed by atoms with E-state index >= 15 is 0 Å². The normalized spacial score (nSPS) is 21.9. The fourth-order valence-corrected chi connectivity index (χ4v) is 4.80. The van der Waals surface area contributed by atoms with Crippen molar-refractivity contribution < 1.29 is 13.2 Å². The van der Waals surface area contributed by atoms with E-state index in [0.29, 0.717) is 19.6 Å². The number of carbonyl (C=O) groups is 1. The smallest absolute Gasteiger partial charge is 0.252 e. The van der Waals surface area contributed by atoms with Crippen LogP contribution in [0.5, 0.6) is 0 Å². The number of sulfonamides is 1. The first-order valence-electron chi connectivity index (χ1n) is 5.54. The summed E-state index contributed by atoms with van der Waals surface area (Å²) in [5, 5.41) is 4.61. The van der Waals surface area contributed by atoms with Gasteiger partial charge in [-0.1, -0.05) is 0 Å². The molecular weight excluding hydrogens is 274 g/mol. The lowest BCUT2D eigenvalue weighted by Crippen LogP contribution is -2.51. The zero-order valence-corrected chi connectivity index (χ0v) is 11.6. The van der Waals surface area contributed by atoms with Crippen LogP contribution in [-0.4, -0.2) is 44.3 Å². The van der Waals surface area contributed by atoms with E-state index in [0.717, 1.165) is 11.3 Å². The predicted octanol–water partition coefficient (Wildman–Crippen LogP) is -0.171. The van der Waals surface area contributed by atoms with Gasteiger partial charge in [-0.15, -0.1) is 11.3 Å². The van der Waals surface area contributed by atoms with Gasteiger partial charge in [0, 0.05) is 31.1 Å². The van der Waals surface area contributed by atoms with Gasteiger partial charge in [-0.05, 0) is 13.0 Å². The fourth-order valence-electron chi connectivity index (χ4n) is 1.88. The number of carbonyl (C=O) groups excluding carboxylic acids is 1. The third-order valence-corrected chi connectivity index (χ3v) is 6.29. The Morgan fingerprint density at radius 2 is 2.33 bits per heavy atom. The fraction of sp³-hybridized carbons (Fsp3) is 0.500. The Bertz CT molecular complexity index is 552. The van der Waals surface area contributed by atoms with Gasteiger partial charge < -0.3 is 11.1 Å². The van der Waals surface area contributed by atoms with E-state index in [1.54, 1.807) is 0 Å². The van der Waals surface area contributed by atoms with E-state index in [2.05, 4.69) is 5.32 Å². The number of nitrogens with zero attached hydrogens (tertiary/aromatic N) is 1. The van der Waals surface area contributed by atoms with E-state index in [4.69, 9.17) is 5.73 Å². The molecule has 1 aromatic heterocycles. The van der Waals surface area contributed by atoms with Gasteiger partial charge in [-0.25, -0.2) is 8.42 Å². The van der Waals surface area contributed by atoms with Crippen molar-refractivity contribution in [1.29, 1.82) is 0 Å². The number of thiophene rings is 1. The van der Waals surface area contributed by atoms with Crippen LogP contribution in [0, 0.1) is 0 Å². The molecule has 1 unspecified atom stereocenters. The van der Waals surface area contributed by atoms with Crippen LogP contribution >= 0.6 is 11.3 Å². The molecule has 0 aromatic carbocycles. The molecule has 6 nitrogen and oxygen atoms in total. The highest BCUT2D eigenvalue weighted by Crippen LogP contribution is 2.25. The van der Waals surface area contributed by atoms with Crippen molar-refractivity contribution in [1.82, 2.24) is 9.62 Å². The highest BCUT2D eigenvalue weighted by Gasteiger charge is 2.32. The molecule has 1 fully saturated rings. The molecule has 0 aliphatic carbocycles. The number of piperazine rings is 1. The van der Waals surface area contributed by atoms with Crippen molar-refractivity contribution in [3.8, 4) is 0 Å². The van der Waals surface area contributed by atoms with Crippen LogP contribution in [0.3, 0.4) is 0 Å². The number of nitrogens with two attached hydrogens (primary N) is 1. The average molecular weight is 289 g/mol. The molecule has 0 bridgehead atoms. The van der Waals surface area contributed by atoms with Gasteiger partial charge in [0.15, 0.2) is 0 Å². The van der Waals surface area contributed by atoms with E-state index in [-0.39, 0.29) is 15.8 Å². The first kappa shape index (κ1) is 13.5. The lowest BCUT2D eigenvalue weighted by Gasteiger charge is -2.32. The number of nitrogens with one attached hydrogen (secondary N) is 1. The maximum atomic E-state index is 12.4. The van der Waals surface area contributed by atoms with Gasteiger partial charge >= 0.3 is 0 Å². The van der Waals surface area contributed by atoms with Crippen molar-refractivity contribution in [2.24, 2.45) is 5.73 Å². The predicted molar refractivity (Wildman–Crippen MR) is 69.1 cm³/mol. The van der Waals surface area contributed by atoms with Crippen molar-refractivity contribution in [3.63, 3.8) is 0 Å². The Hall–Kier alpha value is -0.960. The van der Waals surface area contributed by atoms with Crippen LogP contribution < -0.4 is 11.1 Å². The molecule has 1 saturated heterocycles. The molecule has 2 heterocycles. The number of rotatable bonds is 3. The highest BCUT2D eigenvalue weighted by atomic mass is 32.2. The number of hydrogen-bond donors (Lipinski definition) is 2. The molecule has 2 rings (SSSR count). The zero-order valence-electron chi connectivity index (χ0n) is 9.92. The van der Waals surface area contributed by atoms with Gasteiger partial charge in [0.2, 0.25) is 5.91 Å². The van der Waals surface area contributed by atoms with Gasteiger partial charge in [-0.2, -0.15) is 4.31 Å². The number of hydrogen-bond acceptors (Lipinski definition) is 5. The molecule has 0 spiro atoms. The van der Waals surface area contributed by atoms with Crippen LogP contribution in [0.15, 0.2) is 15.7 Å². The topological polar surface area (TPSA) is 92.5 Å². The molecular formula is C10H15N3O3S2. The SMILES string of the molecule is CC1CNCCN1S(=O)(=O)c1cc(C(N)=O)cs1. The van der Waals surface area contributed by atoms with Crippen LogP contribution in [-0.2, 0) is 10.0 Å². The molecule has 0 saturated carbocycles. The van der Waals surface area contributed by atoms with Gasteiger partial charge in [0.25, 0.3) is 10.0 Å². The molecule has 3 N–H and O–H groups in total. The molecule has 1 aromatic rings. The van der Waals surface area contributed by atoms with E-state index < -0.39 is 15.9 Å². The largest absolute Gasteiger partial charge is 0.366 e. The lowest BCUT2D eigenvalue weighted by atomic mass is 10.3. The van der Waals surface area contributed by atoms with Crippen molar-refractivity contribution in [2.45, 2.75) is 17.2 Å². The average Bonchev–Trinajstić information content (AvgIpc) is 2.79. The summed E-state index contributed by atoms with van der Waals surface area (Å²) in [7, 11) is -3.52. The second-order valence-electron chi connectivity index (χ2n) is 4.19. The van der Waals surface area contributed by atoms with E-state index in [1.807, 2.05) is 6.92 Å². The highest BCUT2D eigenvalue weighted by molar-refractivity contribution is 7.91. The molecule has 8 heteroatoms. The lowest BCUT2D eigenvalue weighted by molar-refractivity contribution is 0.100. The zero-order chi connectivity index (χ0) is 13.3. The molecule has 100 valence electrons. The summed E-state index contributed by atoms with van der Waals surface area (Å²) in [5.41, 5.74) is 5.36. The van der Waals surface area contributed by atoms with Crippen LogP contribution in [0.1, 0.15) is 17.3 Å². The molecule has 18 heavy (non-hydrogen) atoms. The maximum Gasteiger partial charge on any atom is 0.252 e. The Kier molecular flexibility index (Phi) is 3.71. The molecule has 1 aliphatic heterocycles. The number of amides is 1. The third kappa shape index (κ3) is 2.41. The second kappa shape index (κ2) is 4.96. The standard InChI is InChI=1S/C10H15N3O3S2/c1-7-5-12-2-3-13(7)18(15,16)9-4-8(6-17-9)10(11)14/h4,6-7,12H,2-3,5H2,1H3,(H2,11,14). The van der Waals surface area contributed by atoms with Gasteiger partial charge in [-0.3, -0.25) is 4.79 Å². The summed E-state index contributed by atoms with van der Waals surface area (Å²) in [6.07, 6.45) is 0. The molecule has 0 radical (unpaired) electrons.